The third-order valence-corrected chi connectivity index (χ3v) is 1.80. The fraction of sp³-hybridized carbons (Fsp3) is 0.400. The molecule has 0 aliphatic carbocycles. The highest BCUT2D eigenvalue weighted by Crippen LogP contribution is 2.12. The van der Waals surface area contributed by atoms with E-state index in [4.69, 9.17) is 10.5 Å². The summed E-state index contributed by atoms with van der Waals surface area (Å²) in [6.07, 6.45) is 3.52. The molecule has 5 heteroatoms. The fourth-order valence-electron chi connectivity index (χ4n) is 1.11. The first-order valence-corrected chi connectivity index (χ1v) is 4.55. The van der Waals surface area contributed by atoms with Crippen LogP contribution in [-0.4, -0.2) is 17.6 Å². The van der Waals surface area contributed by atoms with Crippen molar-refractivity contribution in [3.8, 4) is 0 Å². The van der Waals surface area contributed by atoms with Gasteiger partial charge in [-0.3, -0.25) is 9.78 Å². The Bertz CT molecular complexity index is 293. The van der Waals surface area contributed by atoms with E-state index < -0.39 is 0 Å². The number of nitrogens with two attached hydrogens (primary N) is 1. The van der Waals surface area contributed by atoms with Gasteiger partial charge in [0.1, 0.15) is 0 Å². The van der Waals surface area contributed by atoms with Crippen LogP contribution in [0.5, 0.6) is 0 Å². The van der Waals surface area contributed by atoms with Crippen LogP contribution in [0.4, 0.5) is 0 Å². The molecule has 0 amide bonds. The summed E-state index contributed by atoms with van der Waals surface area (Å²) < 4.78 is 4.79. The second-order valence-electron chi connectivity index (χ2n) is 2.90. The Morgan fingerprint density at radius 1 is 1.67 bits per heavy atom. The summed E-state index contributed by atoms with van der Waals surface area (Å²) in [6.45, 7) is 2.16. The maximum absolute atomic E-state index is 11.1. The minimum absolute atomic E-state index is 0. The Morgan fingerprint density at radius 3 is 2.93 bits per heavy atom. The number of carbonyl (C=O) groups is 1. The van der Waals surface area contributed by atoms with E-state index >= 15 is 0 Å². The molecule has 0 fully saturated rings. The number of halogens is 1. The van der Waals surface area contributed by atoms with E-state index in [0.29, 0.717) is 6.61 Å². The lowest BCUT2D eigenvalue weighted by Gasteiger charge is -2.09. The second-order valence-corrected chi connectivity index (χ2v) is 2.90. The number of aromatic nitrogens is 1. The minimum atomic E-state index is -0.331. The lowest BCUT2D eigenvalue weighted by molar-refractivity contribution is -0.143. The van der Waals surface area contributed by atoms with Crippen LogP contribution in [0, 0.1) is 0 Å². The third-order valence-electron chi connectivity index (χ3n) is 1.80. The Morgan fingerprint density at radius 2 is 2.40 bits per heavy atom. The van der Waals surface area contributed by atoms with E-state index in [1.165, 1.54) is 0 Å². The summed E-state index contributed by atoms with van der Waals surface area (Å²) >= 11 is 0. The van der Waals surface area contributed by atoms with E-state index in [0.717, 1.165) is 5.56 Å². The Labute approximate surface area is 95.2 Å². The number of hydrogen-bond acceptors (Lipinski definition) is 4. The molecule has 1 aromatic heterocycles. The van der Waals surface area contributed by atoms with Crippen molar-refractivity contribution >= 4 is 18.4 Å². The number of ether oxygens (including phenoxy) is 1. The molecule has 0 radical (unpaired) electrons. The molecule has 1 atom stereocenters. The van der Waals surface area contributed by atoms with Crippen molar-refractivity contribution in [2.75, 3.05) is 6.61 Å². The van der Waals surface area contributed by atoms with Gasteiger partial charge in [-0.1, -0.05) is 6.07 Å². The van der Waals surface area contributed by atoms with Gasteiger partial charge in [0.25, 0.3) is 0 Å². The molecule has 15 heavy (non-hydrogen) atoms. The van der Waals surface area contributed by atoms with E-state index in [1.807, 2.05) is 6.07 Å². The van der Waals surface area contributed by atoms with Crippen molar-refractivity contribution in [2.24, 2.45) is 5.73 Å². The summed E-state index contributed by atoms with van der Waals surface area (Å²) in [5, 5.41) is 0. The van der Waals surface area contributed by atoms with Crippen molar-refractivity contribution in [1.82, 2.24) is 4.98 Å². The van der Waals surface area contributed by atoms with Gasteiger partial charge in [-0.2, -0.15) is 0 Å². The van der Waals surface area contributed by atoms with Crippen LogP contribution in [-0.2, 0) is 9.53 Å². The van der Waals surface area contributed by atoms with Crippen LogP contribution in [0.1, 0.15) is 24.9 Å². The van der Waals surface area contributed by atoms with Crippen LogP contribution < -0.4 is 5.73 Å². The smallest absolute Gasteiger partial charge is 0.307 e. The number of nitrogens with zero attached hydrogens (tertiary/aromatic N) is 1. The van der Waals surface area contributed by atoms with Crippen molar-refractivity contribution in [3.05, 3.63) is 30.1 Å². The molecule has 0 aliphatic rings. The number of pyridine rings is 1. The van der Waals surface area contributed by atoms with Crippen molar-refractivity contribution in [3.63, 3.8) is 0 Å². The SMILES string of the molecule is CCOC(=O)C[C@H](N)c1cccnc1.Cl. The zero-order valence-corrected chi connectivity index (χ0v) is 9.37. The maximum atomic E-state index is 11.1. The zero-order chi connectivity index (χ0) is 10.4. The molecule has 2 N–H and O–H groups in total. The lowest BCUT2D eigenvalue weighted by Crippen LogP contribution is -2.17. The quantitative estimate of drug-likeness (QED) is 0.796. The fourth-order valence-corrected chi connectivity index (χ4v) is 1.11. The van der Waals surface area contributed by atoms with Crippen molar-refractivity contribution in [2.45, 2.75) is 19.4 Å². The molecule has 0 unspecified atom stereocenters. The number of rotatable bonds is 4. The summed E-state index contributed by atoms with van der Waals surface area (Å²) in [5.74, 6) is -0.274. The second kappa shape index (κ2) is 7.20. The molecule has 4 nitrogen and oxygen atoms in total. The Hall–Kier alpha value is -1.13. The average molecular weight is 231 g/mol. The van der Waals surface area contributed by atoms with Crippen LogP contribution in [0.3, 0.4) is 0 Å². The lowest BCUT2D eigenvalue weighted by atomic mass is 10.1. The molecule has 0 saturated carbocycles. The monoisotopic (exact) mass is 230 g/mol. The number of carbonyl (C=O) groups excluding carboxylic acids is 1. The molecule has 1 heterocycles. The first-order valence-electron chi connectivity index (χ1n) is 4.55. The molecule has 0 bridgehead atoms. The molecule has 0 saturated heterocycles. The first kappa shape index (κ1) is 13.9. The largest absolute Gasteiger partial charge is 0.466 e. The zero-order valence-electron chi connectivity index (χ0n) is 8.55. The Balaban J connectivity index is 0.00000196. The normalized spacial score (nSPS) is 11.3. The molecule has 0 aliphatic heterocycles. The van der Waals surface area contributed by atoms with Gasteiger partial charge < -0.3 is 10.5 Å². The van der Waals surface area contributed by atoms with Gasteiger partial charge in [-0.25, -0.2) is 0 Å². The van der Waals surface area contributed by atoms with Gasteiger partial charge in [0, 0.05) is 18.4 Å². The topological polar surface area (TPSA) is 65.2 Å². The summed E-state index contributed by atoms with van der Waals surface area (Å²) in [4.78, 5) is 15.0. The molecule has 84 valence electrons. The first-order chi connectivity index (χ1) is 6.74. The molecular formula is C10H15ClN2O2. The van der Waals surface area contributed by atoms with E-state index in [2.05, 4.69) is 4.98 Å². The highest BCUT2D eigenvalue weighted by molar-refractivity contribution is 5.85. The van der Waals surface area contributed by atoms with Gasteiger partial charge >= 0.3 is 5.97 Å². The maximum Gasteiger partial charge on any atom is 0.307 e. The summed E-state index contributed by atoms with van der Waals surface area (Å²) in [7, 11) is 0. The summed E-state index contributed by atoms with van der Waals surface area (Å²) in [6, 6.07) is 3.31. The van der Waals surface area contributed by atoms with E-state index in [-0.39, 0.29) is 30.8 Å². The van der Waals surface area contributed by atoms with E-state index in [9.17, 15) is 4.79 Å². The van der Waals surface area contributed by atoms with Gasteiger partial charge in [0.05, 0.1) is 13.0 Å². The third kappa shape index (κ3) is 4.76. The summed E-state index contributed by atoms with van der Waals surface area (Å²) in [5.41, 5.74) is 6.63. The molecular weight excluding hydrogens is 216 g/mol. The molecule has 0 aromatic carbocycles. The highest BCUT2D eigenvalue weighted by atomic mass is 35.5. The van der Waals surface area contributed by atoms with Gasteiger partial charge in [0.15, 0.2) is 0 Å². The molecule has 1 aromatic rings. The van der Waals surface area contributed by atoms with Gasteiger partial charge in [-0.05, 0) is 18.6 Å². The van der Waals surface area contributed by atoms with Crippen LogP contribution >= 0.6 is 12.4 Å². The van der Waals surface area contributed by atoms with Gasteiger partial charge in [-0.15, -0.1) is 12.4 Å². The average Bonchev–Trinajstić information content (AvgIpc) is 2.19. The van der Waals surface area contributed by atoms with E-state index in [1.54, 1.807) is 25.4 Å². The van der Waals surface area contributed by atoms with Crippen LogP contribution in [0.25, 0.3) is 0 Å². The number of hydrogen-bond donors (Lipinski definition) is 1. The van der Waals surface area contributed by atoms with Crippen LogP contribution in [0.15, 0.2) is 24.5 Å². The molecule has 1 rings (SSSR count). The van der Waals surface area contributed by atoms with Gasteiger partial charge in [0.2, 0.25) is 0 Å². The van der Waals surface area contributed by atoms with Crippen molar-refractivity contribution < 1.29 is 9.53 Å². The highest BCUT2D eigenvalue weighted by Gasteiger charge is 2.11. The predicted octanol–water partition coefficient (Wildman–Crippen LogP) is 1.46. The Kier molecular flexibility index (Phi) is 6.66. The van der Waals surface area contributed by atoms with Crippen molar-refractivity contribution in [1.29, 1.82) is 0 Å². The molecule has 0 spiro atoms. The number of esters is 1. The standard InChI is InChI=1S/C10H14N2O2.ClH/c1-2-14-10(13)6-9(11)8-4-3-5-12-7-8;/h3-5,7,9H,2,6,11H2,1H3;1H/t9-;/m0./s1. The van der Waals surface area contributed by atoms with Crippen LogP contribution in [0.2, 0.25) is 0 Å². The predicted molar refractivity (Wildman–Crippen MR) is 59.7 cm³/mol. The minimum Gasteiger partial charge on any atom is -0.466 e.